The second-order valence-electron chi connectivity index (χ2n) is 3.55. The molecule has 2 rings (SSSR count). The predicted octanol–water partition coefficient (Wildman–Crippen LogP) is 2.36. The summed E-state index contributed by atoms with van der Waals surface area (Å²) in [6, 6.07) is 7.43. The molecule has 88 valence electrons. The lowest BCUT2D eigenvalue weighted by molar-refractivity contribution is 0.415. The van der Waals surface area contributed by atoms with Crippen molar-refractivity contribution in [2.45, 2.75) is 6.92 Å². The number of methoxy groups -OCH3 is 1. The van der Waals surface area contributed by atoms with Gasteiger partial charge in [-0.1, -0.05) is 12.1 Å². The topological polar surface area (TPSA) is 55.0 Å². The van der Waals surface area contributed by atoms with Gasteiger partial charge in [-0.25, -0.2) is 4.98 Å². The lowest BCUT2D eigenvalue weighted by Crippen LogP contribution is -2.14. The molecule has 0 radical (unpaired) electrons. The van der Waals surface area contributed by atoms with Gasteiger partial charge in [-0.15, -0.1) is 0 Å². The van der Waals surface area contributed by atoms with Crippen molar-refractivity contribution in [1.82, 2.24) is 9.97 Å². The molecule has 1 aromatic heterocycles. The maximum absolute atomic E-state index is 11.7. The van der Waals surface area contributed by atoms with Gasteiger partial charge in [0.25, 0.3) is 5.56 Å². The molecule has 17 heavy (non-hydrogen) atoms. The number of H-pyrrole nitrogens is 1. The third-order valence-corrected chi connectivity index (χ3v) is 3.64. The minimum absolute atomic E-state index is 0.115. The summed E-state index contributed by atoms with van der Waals surface area (Å²) in [5.41, 5.74) is 1.45. The first-order valence-corrected chi connectivity index (χ1v) is 6.10. The number of aryl methyl sites for hydroxylation is 1. The quantitative estimate of drug-likeness (QED) is 0.853. The molecule has 0 saturated heterocycles. The number of rotatable bonds is 2. The number of nitrogens with one attached hydrogen (secondary N) is 1. The van der Waals surface area contributed by atoms with E-state index in [9.17, 15) is 4.79 Å². The highest BCUT2D eigenvalue weighted by molar-refractivity contribution is 14.1. The smallest absolute Gasteiger partial charge is 0.264 e. The zero-order chi connectivity index (χ0) is 12.4. The summed E-state index contributed by atoms with van der Waals surface area (Å²) in [5.74, 6) is 1.30. The minimum Gasteiger partial charge on any atom is -0.497 e. The molecule has 1 heterocycles. The van der Waals surface area contributed by atoms with Crippen LogP contribution in [-0.2, 0) is 0 Å². The zero-order valence-electron chi connectivity index (χ0n) is 9.45. The normalized spacial score (nSPS) is 10.3. The number of aromatic amines is 1. The highest BCUT2D eigenvalue weighted by atomic mass is 127. The molecule has 0 bridgehead atoms. The van der Waals surface area contributed by atoms with E-state index in [0.717, 1.165) is 17.0 Å². The van der Waals surface area contributed by atoms with Gasteiger partial charge in [-0.2, -0.15) is 0 Å². The van der Waals surface area contributed by atoms with Gasteiger partial charge in [-0.05, 0) is 41.6 Å². The SMILES string of the molecule is COc1cccc(-c2nc(C)c(I)c(=O)[nH]2)c1. The first-order chi connectivity index (χ1) is 8.11. The van der Waals surface area contributed by atoms with E-state index in [0.29, 0.717) is 9.39 Å². The Hall–Kier alpha value is -1.37. The third kappa shape index (κ3) is 2.49. The Bertz CT molecular complexity index is 608. The second-order valence-corrected chi connectivity index (χ2v) is 4.62. The molecule has 0 fully saturated rings. The minimum atomic E-state index is -0.115. The van der Waals surface area contributed by atoms with Crippen molar-refractivity contribution < 1.29 is 4.74 Å². The summed E-state index contributed by atoms with van der Waals surface area (Å²) < 4.78 is 5.76. The van der Waals surface area contributed by atoms with Crippen LogP contribution in [-0.4, -0.2) is 17.1 Å². The van der Waals surface area contributed by atoms with Gasteiger partial charge >= 0.3 is 0 Å². The fourth-order valence-electron chi connectivity index (χ4n) is 1.48. The van der Waals surface area contributed by atoms with Crippen LogP contribution in [0.1, 0.15) is 5.69 Å². The third-order valence-electron chi connectivity index (χ3n) is 2.37. The molecule has 0 spiro atoms. The molecule has 0 aliphatic carbocycles. The lowest BCUT2D eigenvalue weighted by Gasteiger charge is -2.05. The molecular formula is C12H11IN2O2. The highest BCUT2D eigenvalue weighted by Crippen LogP contribution is 2.20. The van der Waals surface area contributed by atoms with Crippen LogP contribution in [0.15, 0.2) is 29.1 Å². The van der Waals surface area contributed by atoms with Gasteiger partial charge in [-0.3, -0.25) is 4.79 Å². The summed E-state index contributed by atoms with van der Waals surface area (Å²) in [4.78, 5) is 18.8. The Labute approximate surface area is 112 Å². The van der Waals surface area contributed by atoms with Crippen molar-refractivity contribution in [3.63, 3.8) is 0 Å². The monoisotopic (exact) mass is 342 g/mol. The van der Waals surface area contributed by atoms with Gasteiger partial charge < -0.3 is 9.72 Å². The van der Waals surface area contributed by atoms with Crippen molar-refractivity contribution in [2.24, 2.45) is 0 Å². The molecular weight excluding hydrogens is 331 g/mol. The van der Waals surface area contributed by atoms with Gasteiger partial charge in [0.15, 0.2) is 0 Å². The van der Waals surface area contributed by atoms with E-state index < -0.39 is 0 Å². The summed E-state index contributed by atoms with van der Waals surface area (Å²) in [7, 11) is 1.61. The molecule has 1 aromatic carbocycles. The Morgan fingerprint density at radius 3 is 2.82 bits per heavy atom. The lowest BCUT2D eigenvalue weighted by atomic mass is 10.2. The maximum Gasteiger partial charge on any atom is 0.264 e. The van der Waals surface area contributed by atoms with E-state index in [1.165, 1.54) is 0 Å². The molecule has 0 atom stereocenters. The van der Waals surface area contributed by atoms with Crippen molar-refractivity contribution >= 4 is 22.6 Å². The second kappa shape index (κ2) is 4.87. The molecule has 5 heteroatoms. The largest absolute Gasteiger partial charge is 0.497 e. The molecule has 0 amide bonds. The van der Waals surface area contributed by atoms with Crippen LogP contribution in [0.5, 0.6) is 5.75 Å². The zero-order valence-corrected chi connectivity index (χ0v) is 11.6. The van der Waals surface area contributed by atoms with E-state index in [1.54, 1.807) is 7.11 Å². The van der Waals surface area contributed by atoms with Crippen molar-refractivity contribution in [3.8, 4) is 17.1 Å². The average Bonchev–Trinajstić information content (AvgIpc) is 2.35. The molecule has 4 nitrogen and oxygen atoms in total. The van der Waals surface area contributed by atoms with Crippen LogP contribution in [0.25, 0.3) is 11.4 Å². The van der Waals surface area contributed by atoms with Crippen LogP contribution in [0.4, 0.5) is 0 Å². The number of halogens is 1. The van der Waals surface area contributed by atoms with Crippen LogP contribution >= 0.6 is 22.6 Å². The fraction of sp³-hybridized carbons (Fsp3) is 0.167. The van der Waals surface area contributed by atoms with Crippen molar-refractivity contribution in [3.05, 3.63) is 43.9 Å². The predicted molar refractivity (Wildman–Crippen MR) is 74.3 cm³/mol. The Morgan fingerprint density at radius 1 is 1.41 bits per heavy atom. The van der Waals surface area contributed by atoms with Gasteiger partial charge in [0, 0.05) is 5.56 Å². The van der Waals surface area contributed by atoms with E-state index in [-0.39, 0.29) is 5.56 Å². The Kier molecular flexibility index (Phi) is 3.46. The van der Waals surface area contributed by atoms with Crippen molar-refractivity contribution in [2.75, 3.05) is 7.11 Å². The molecule has 0 saturated carbocycles. The van der Waals surface area contributed by atoms with Crippen LogP contribution in [0, 0.1) is 10.5 Å². The fourth-order valence-corrected chi connectivity index (χ4v) is 1.73. The standard InChI is InChI=1S/C12H11IN2O2/c1-7-10(13)12(16)15-11(14-7)8-4-3-5-9(6-8)17-2/h3-6H,1-2H3,(H,14,15,16). The Balaban J connectivity index is 2.56. The number of hydrogen-bond donors (Lipinski definition) is 1. The van der Waals surface area contributed by atoms with E-state index >= 15 is 0 Å². The summed E-state index contributed by atoms with van der Waals surface area (Å²) >= 11 is 1.99. The summed E-state index contributed by atoms with van der Waals surface area (Å²) in [6.07, 6.45) is 0. The van der Waals surface area contributed by atoms with Gasteiger partial charge in [0.05, 0.1) is 16.4 Å². The first-order valence-electron chi connectivity index (χ1n) is 5.02. The van der Waals surface area contributed by atoms with E-state index in [4.69, 9.17) is 4.74 Å². The van der Waals surface area contributed by atoms with E-state index in [2.05, 4.69) is 9.97 Å². The van der Waals surface area contributed by atoms with E-state index in [1.807, 2.05) is 53.8 Å². The van der Waals surface area contributed by atoms with Crippen LogP contribution in [0.3, 0.4) is 0 Å². The molecule has 1 N–H and O–H groups in total. The number of hydrogen-bond acceptors (Lipinski definition) is 3. The van der Waals surface area contributed by atoms with Crippen LogP contribution in [0.2, 0.25) is 0 Å². The van der Waals surface area contributed by atoms with Gasteiger partial charge in [0.1, 0.15) is 11.6 Å². The van der Waals surface area contributed by atoms with Crippen LogP contribution < -0.4 is 10.3 Å². The molecule has 2 aromatic rings. The maximum atomic E-state index is 11.7. The highest BCUT2D eigenvalue weighted by Gasteiger charge is 2.07. The Morgan fingerprint density at radius 2 is 2.18 bits per heavy atom. The summed E-state index contributed by atoms with van der Waals surface area (Å²) in [5, 5.41) is 0. The summed E-state index contributed by atoms with van der Waals surface area (Å²) in [6.45, 7) is 1.82. The van der Waals surface area contributed by atoms with Gasteiger partial charge in [0.2, 0.25) is 0 Å². The number of aromatic nitrogens is 2. The first kappa shape index (κ1) is 12.1. The number of nitrogens with zero attached hydrogens (tertiary/aromatic N) is 1. The van der Waals surface area contributed by atoms with Crippen molar-refractivity contribution in [1.29, 1.82) is 0 Å². The molecule has 0 unspecified atom stereocenters. The molecule has 0 aliphatic rings. The average molecular weight is 342 g/mol. The number of benzene rings is 1. The molecule has 0 aliphatic heterocycles. The number of ether oxygens (including phenoxy) is 1.